The molecule has 1 amide bonds. The summed E-state index contributed by atoms with van der Waals surface area (Å²) in [7, 11) is 1.70. The summed E-state index contributed by atoms with van der Waals surface area (Å²) in [6, 6.07) is 23.2. The molecule has 200 valence electrons. The van der Waals surface area contributed by atoms with Gasteiger partial charge < -0.3 is 14.4 Å². The third kappa shape index (κ3) is 6.58. The van der Waals surface area contributed by atoms with Gasteiger partial charge in [0.15, 0.2) is 0 Å². The van der Waals surface area contributed by atoms with E-state index in [4.69, 9.17) is 14.5 Å². The highest BCUT2D eigenvalue weighted by atomic mass is 32.2. The summed E-state index contributed by atoms with van der Waals surface area (Å²) in [6.07, 6.45) is 1.68. The van der Waals surface area contributed by atoms with Gasteiger partial charge in [-0.05, 0) is 55.0 Å². The van der Waals surface area contributed by atoms with Gasteiger partial charge >= 0.3 is 0 Å². The molecule has 39 heavy (non-hydrogen) atoms. The number of fused-ring (bicyclic) bond motifs is 1. The number of benzene rings is 3. The minimum Gasteiger partial charge on any atom is -0.496 e. The summed E-state index contributed by atoms with van der Waals surface area (Å²) in [5, 5.41) is 5.06. The standard InChI is InChI=1S/C31H32N4O3S/c1-3-38-25-8-6-7-23(18-25)29-19-27(26-9-4-5-10-28(26)33-29)31(36)34-32-20-22-11-12-30(37-2)24(17-22)21-35-13-15-39-16-14-35/h4-12,17-20H,3,13-16,21H2,1-2H3,(H,34,36)/p+1/b32-20+. The molecule has 3 aromatic carbocycles. The highest BCUT2D eigenvalue weighted by Crippen LogP contribution is 2.27. The molecule has 0 aliphatic carbocycles. The number of rotatable bonds is 9. The number of hydrogen-bond acceptors (Lipinski definition) is 6. The van der Waals surface area contributed by atoms with E-state index in [1.165, 1.54) is 11.5 Å². The van der Waals surface area contributed by atoms with E-state index in [1.807, 2.05) is 85.4 Å². The number of thioether (sulfide) groups is 1. The van der Waals surface area contributed by atoms with Gasteiger partial charge in [-0.3, -0.25) is 4.79 Å². The van der Waals surface area contributed by atoms with Crippen LogP contribution in [0.25, 0.3) is 22.2 Å². The van der Waals surface area contributed by atoms with Crippen molar-refractivity contribution in [3.8, 4) is 22.8 Å². The molecule has 0 unspecified atom stereocenters. The maximum atomic E-state index is 13.3. The first kappa shape index (κ1) is 26.7. The van der Waals surface area contributed by atoms with Crippen molar-refractivity contribution in [2.75, 3.05) is 38.3 Å². The lowest BCUT2D eigenvalue weighted by atomic mass is 10.0. The van der Waals surface area contributed by atoms with Gasteiger partial charge in [0.1, 0.15) is 18.0 Å². The molecule has 8 heteroatoms. The lowest BCUT2D eigenvalue weighted by molar-refractivity contribution is -0.910. The number of carbonyl (C=O) groups excluding carboxylic acids is 1. The Morgan fingerprint density at radius 2 is 1.92 bits per heavy atom. The van der Waals surface area contributed by atoms with Crippen LogP contribution in [0.5, 0.6) is 11.5 Å². The van der Waals surface area contributed by atoms with E-state index in [9.17, 15) is 4.79 Å². The van der Waals surface area contributed by atoms with Crippen molar-refractivity contribution < 1.29 is 19.2 Å². The lowest BCUT2D eigenvalue weighted by Gasteiger charge is -2.24. The van der Waals surface area contributed by atoms with Crippen LogP contribution in [0, 0.1) is 0 Å². The SMILES string of the molecule is CCOc1cccc(-c2cc(C(=O)N/N=C/c3ccc(OC)c(C[NH+]4CCSCC4)c3)c3ccccc3n2)c1. The van der Waals surface area contributed by atoms with Gasteiger partial charge in [0.25, 0.3) is 5.91 Å². The molecule has 2 heterocycles. The monoisotopic (exact) mass is 541 g/mol. The number of nitrogens with zero attached hydrogens (tertiary/aromatic N) is 2. The molecule has 1 saturated heterocycles. The summed E-state index contributed by atoms with van der Waals surface area (Å²) in [5.74, 6) is 3.73. The normalized spacial score (nSPS) is 14.0. The second-order valence-electron chi connectivity index (χ2n) is 9.34. The molecule has 4 aromatic rings. The Balaban J connectivity index is 1.37. The van der Waals surface area contributed by atoms with E-state index in [2.05, 4.69) is 16.6 Å². The largest absolute Gasteiger partial charge is 0.496 e. The van der Waals surface area contributed by atoms with Gasteiger partial charge in [-0.1, -0.05) is 30.3 Å². The fourth-order valence-corrected chi connectivity index (χ4v) is 5.84. The second kappa shape index (κ2) is 12.8. The molecule has 0 saturated carbocycles. The van der Waals surface area contributed by atoms with Gasteiger partial charge in [-0.25, -0.2) is 10.4 Å². The number of methoxy groups -OCH3 is 1. The first-order valence-electron chi connectivity index (χ1n) is 13.2. The molecule has 7 nitrogen and oxygen atoms in total. The fraction of sp³-hybridized carbons (Fsp3) is 0.258. The Bertz CT molecular complexity index is 1480. The van der Waals surface area contributed by atoms with Crippen LogP contribution in [0.3, 0.4) is 0 Å². The molecular weight excluding hydrogens is 508 g/mol. The maximum Gasteiger partial charge on any atom is 0.272 e. The Hall–Kier alpha value is -3.88. The number of hydrazone groups is 1. The first-order chi connectivity index (χ1) is 19.1. The third-order valence-electron chi connectivity index (χ3n) is 6.73. The number of nitrogens with one attached hydrogen (secondary N) is 2. The molecular formula is C31H33N4O3S+. The van der Waals surface area contributed by atoms with E-state index >= 15 is 0 Å². The van der Waals surface area contributed by atoms with Crippen molar-refractivity contribution in [3.63, 3.8) is 0 Å². The fourth-order valence-electron chi connectivity index (χ4n) is 4.77. The zero-order valence-corrected chi connectivity index (χ0v) is 23.1. The van der Waals surface area contributed by atoms with Gasteiger partial charge in [-0.2, -0.15) is 16.9 Å². The lowest BCUT2D eigenvalue weighted by Crippen LogP contribution is -3.12. The molecule has 0 spiro atoms. The average molecular weight is 542 g/mol. The highest BCUT2D eigenvalue weighted by molar-refractivity contribution is 7.99. The van der Waals surface area contributed by atoms with Crippen molar-refractivity contribution >= 4 is 34.8 Å². The van der Waals surface area contributed by atoms with E-state index in [-0.39, 0.29) is 5.91 Å². The van der Waals surface area contributed by atoms with Gasteiger partial charge in [0.05, 0.1) is 49.8 Å². The van der Waals surface area contributed by atoms with Gasteiger partial charge in [0, 0.05) is 28.0 Å². The number of aromatic nitrogens is 1. The number of pyridine rings is 1. The molecule has 0 bridgehead atoms. The average Bonchev–Trinajstić information content (AvgIpc) is 2.97. The molecule has 1 fully saturated rings. The van der Waals surface area contributed by atoms with E-state index in [0.29, 0.717) is 17.9 Å². The predicted molar refractivity (Wildman–Crippen MR) is 158 cm³/mol. The molecule has 0 radical (unpaired) electrons. The first-order valence-corrected chi connectivity index (χ1v) is 14.3. The molecule has 1 aromatic heterocycles. The van der Waals surface area contributed by atoms with Crippen LogP contribution in [-0.2, 0) is 6.54 Å². The number of ether oxygens (including phenoxy) is 2. The number of quaternary nitrogens is 1. The van der Waals surface area contributed by atoms with Gasteiger partial charge in [-0.15, -0.1) is 0 Å². The third-order valence-corrected chi connectivity index (χ3v) is 7.71. The van der Waals surface area contributed by atoms with Crippen LogP contribution in [0.1, 0.15) is 28.4 Å². The summed E-state index contributed by atoms with van der Waals surface area (Å²) in [6.45, 7) is 5.74. The minimum atomic E-state index is -0.295. The Kier molecular flexibility index (Phi) is 8.75. The smallest absolute Gasteiger partial charge is 0.272 e. The Morgan fingerprint density at radius 3 is 2.74 bits per heavy atom. The summed E-state index contributed by atoms with van der Waals surface area (Å²) >= 11 is 2.01. The van der Waals surface area contributed by atoms with E-state index in [1.54, 1.807) is 18.2 Å². The number of para-hydroxylation sites is 1. The second-order valence-corrected chi connectivity index (χ2v) is 10.6. The molecule has 2 N–H and O–H groups in total. The zero-order chi connectivity index (χ0) is 27.0. The van der Waals surface area contributed by atoms with E-state index in [0.717, 1.165) is 58.7 Å². The summed E-state index contributed by atoms with van der Waals surface area (Å²) in [5.41, 5.74) is 7.60. The van der Waals surface area contributed by atoms with Crippen molar-refractivity contribution in [2.45, 2.75) is 13.5 Å². The summed E-state index contributed by atoms with van der Waals surface area (Å²) < 4.78 is 11.3. The maximum absolute atomic E-state index is 13.3. The van der Waals surface area contributed by atoms with Crippen LogP contribution < -0.4 is 19.8 Å². The Morgan fingerprint density at radius 1 is 1.08 bits per heavy atom. The molecule has 1 aliphatic heterocycles. The Labute approximate surface area is 233 Å². The number of hydrogen-bond donors (Lipinski definition) is 2. The quantitative estimate of drug-likeness (QED) is 0.245. The van der Waals surface area contributed by atoms with Crippen molar-refractivity contribution in [3.05, 3.63) is 89.5 Å². The topological polar surface area (TPSA) is 77.2 Å². The van der Waals surface area contributed by atoms with Crippen molar-refractivity contribution in [2.24, 2.45) is 5.10 Å². The van der Waals surface area contributed by atoms with Crippen LogP contribution in [0.15, 0.2) is 77.9 Å². The zero-order valence-electron chi connectivity index (χ0n) is 22.3. The summed E-state index contributed by atoms with van der Waals surface area (Å²) in [4.78, 5) is 19.7. The highest BCUT2D eigenvalue weighted by Gasteiger charge is 2.17. The van der Waals surface area contributed by atoms with Crippen LogP contribution >= 0.6 is 11.8 Å². The van der Waals surface area contributed by atoms with Crippen molar-refractivity contribution in [1.29, 1.82) is 0 Å². The number of amides is 1. The number of carbonyl (C=O) groups is 1. The molecule has 0 atom stereocenters. The van der Waals surface area contributed by atoms with Crippen LogP contribution in [-0.4, -0.2) is 55.4 Å². The molecule has 5 rings (SSSR count). The van der Waals surface area contributed by atoms with Crippen molar-refractivity contribution in [1.82, 2.24) is 10.4 Å². The van der Waals surface area contributed by atoms with Crippen LogP contribution in [0.2, 0.25) is 0 Å². The predicted octanol–water partition coefficient (Wildman–Crippen LogP) is 4.20. The minimum absolute atomic E-state index is 0.295. The molecule has 1 aliphatic rings. The van der Waals surface area contributed by atoms with Crippen LogP contribution in [0.4, 0.5) is 0 Å². The van der Waals surface area contributed by atoms with E-state index < -0.39 is 0 Å². The van der Waals surface area contributed by atoms with Gasteiger partial charge in [0.2, 0.25) is 0 Å².